The minimum absolute atomic E-state index is 0.00909. The molecule has 1 fully saturated rings. The van der Waals surface area contributed by atoms with Gasteiger partial charge in [0.25, 0.3) is 5.69 Å². The Morgan fingerprint density at radius 1 is 1.22 bits per heavy atom. The van der Waals surface area contributed by atoms with Crippen molar-refractivity contribution in [1.29, 1.82) is 0 Å². The molecule has 32 heavy (non-hydrogen) atoms. The number of nitro groups is 1. The summed E-state index contributed by atoms with van der Waals surface area (Å²) in [6, 6.07) is 15.4. The maximum absolute atomic E-state index is 13.2. The van der Waals surface area contributed by atoms with Crippen LogP contribution < -0.4 is 10.2 Å². The number of amides is 1. The second-order valence-corrected chi connectivity index (χ2v) is 8.50. The number of carbonyl (C=O) groups excluding carboxylic acids is 1. The molecule has 4 rings (SSSR count). The fourth-order valence-corrected chi connectivity index (χ4v) is 4.83. The van der Waals surface area contributed by atoms with Gasteiger partial charge >= 0.3 is 0 Å². The molecule has 8 heteroatoms. The van der Waals surface area contributed by atoms with Crippen LogP contribution in [0.1, 0.15) is 17.5 Å². The van der Waals surface area contributed by atoms with Gasteiger partial charge in [-0.25, -0.2) is 0 Å². The minimum atomic E-state index is -0.371. The van der Waals surface area contributed by atoms with Crippen molar-refractivity contribution in [3.05, 3.63) is 69.8 Å². The fourth-order valence-electron chi connectivity index (χ4n) is 4.83. The van der Waals surface area contributed by atoms with E-state index in [1.165, 1.54) is 5.56 Å². The molecule has 8 nitrogen and oxygen atoms in total. The van der Waals surface area contributed by atoms with Gasteiger partial charge in [0.05, 0.1) is 16.9 Å². The molecule has 2 aromatic rings. The second kappa shape index (κ2) is 10.1. The molecule has 2 aliphatic rings. The van der Waals surface area contributed by atoms with Crippen molar-refractivity contribution >= 4 is 17.3 Å². The van der Waals surface area contributed by atoms with Gasteiger partial charge in [0.1, 0.15) is 0 Å². The topological polar surface area (TPSA) is 87.9 Å². The number of non-ortho nitro benzene ring substituents is 1. The van der Waals surface area contributed by atoms with E-state index in [0.29, 0.717) is 19.6 Å². The highest BCUT2D eigenvalue weighted by molar-refractivity contribution is 5.82. The maximum Gasteiger partial charge on any atom is 0.269 e. The lowest BCUT2D eigenvalue weighted by atomic mass is 9.83. The number of rotatable bonds is 8. The van der Waals surface area contributed by atoms with Gasteiger partial charge in [0.2, 0.25) is 5.91 Å². The van der Waals surface area contributed by atoms with Crippen LogP contribution in [0, 0.1) is 16.0 Å². The van der Waals surface area contributed by atoms with Crippen molar-refractivity contribution in [2.75, 3.05) is 44.8 Å². The monoisotopic (exact) mass is 438 g/mol. The number of hydrogen-bond donors (Lipinski definition) is 1. The first kappa shape index (κ1) is 22.2. The van der Waals surface area contributed by atoms with Crippen molar-refractivity contribution < 1.29 is 14.5 Å². The van der Waals surface area contributed by atoms with Crippen molar-refractivity contribution in [2.24, 2.45) is 5.92 Å². The summed E-state index contributed by atoms with van der Waals surface area (Å²) in [5.74, 6) is -0.250. The number of ether oxygens (including phenoxy) is 1. The highest BCUT2D eigenvalue weighted by Crippen LogP contribution is 2.38. The number of piperazine rings is 1. The molecule has 1 N–H and O–H groups in total. The fraction of sp³-hybridized carbons (Fsp3) is 0.458. The lowest BCUT2D eigenvalue weighted by Gasteiger charge is -2.49. The quantitative estimate of drug-likeness (QED) is 0.387. The molecule has 0 spiro atoms. The Balaban J connectivity index is 1.56. The van der Waals surface area contributed by atoms with Gasteiger partial charge in [-0.15, -0.1) is 0 Å². The summed E-state index contributed by atoms with van der Waals surface area (Å²) in [4.78, 5) is 28.8. The summed E-state index contributed by atoms with van der Waals surface area (Å²) in [5.41, 5.74) is 3.23. The van der Waals surface area contributed by atoms with E-state index in [2.05, 4.69) is 27.2 Å². The van der Waals surface area contributed by atoms with Crippen LogP contribution in [0.2, 0.25) is 0 Å². The van der Waals surface area contributed by atoms with Crippen molar-refractivity contribution in [3.63, 3.8) is 0 Å². The number of nitrogens with zero attached hydrogens (tertiary/aromatic N) is 3. The largest absolute Gasteiger partial charge is 0.385 e. The van der Waals surface area contributed by atoms with E-state index in [1.54, 1.807) is 19.2 Å². The number of benzene rings is 2. The van der Waals surface area contributed by atoms with E-state index < -0.39 is 0 Å². The van der Waals surface area contributed by atoms with Gasteiger partial charge in [-0.3, -0.25) is 19.8 Å². The van der Waals surface area contributed by atoms with Crippen LogP contribution in [0.3, 0.4) is 0 Å². The van der Waals surface area contributed by atoms with Crippen LogP contribution in [0.15, 0.2) is 48.5 Å². The molecule has 0 unspecified atom stereocenters. The number of anilines is 1. The van der Waals surface area contributed by atoms with Gasteiger partial charge in [0.15, 0.2) is 0 Å². The zero-order valence-corrected chi connectivity index (χ0v) is 18.4. The minimum Gasteiger partial charge on any atom is -0.385 e. The molecule has 170 valence electrons. The summed E-state index contributed by atoms with van der Waals surface area (Å²) in [7, 11) is 1.65. The average Bonchev–Trinajstić information content (AvgIpc) is 2.81. The molecule has 0 bridgehead atoms. The summed E-state index contributed by atoms with van der Waals surface area (Å²) in [6.07, 6.45) is 1.26. The van der Waals surface area contributed by atoms with E-state index in [1.807, 2.05) is 24.3 Å². The third-order valence-electron chi connectivity index (χ3n) is 6.40. The number of methoxy groups -OCH3 is 1. The Hall–Kier alpha value is -2.97. The summed E-state index contributed by atoms with van der Waals surface area (Å²) >= 11 is 0. The Morgan fingerprint density at radius 2 is 2.03 bits per heavy atom. The smallest absolute Gasteiger partial charge is 0.269 e. The predicted octanol–water partition coefficient (Wildman–Crippen LogP) is 2.61. The molecule has 0 saturated carbocycles. The SMILES string of the molecule is COCCCNC(=O)[C@@H]1Cc2cc([N+](=O)[O-])ccc2N2CCN(Cc3ccccc3)C[C@@H]12. The zero-order chi connectivity index (χ0) is 22.5. The van der Waals surface area contributed by atoms with Gasteiger partial charge in [-0.2, -0.15) is 0 Å². The van der Waals surface area contributed by atoms with Crippen molar-refractivity contribution in [2.45, 2.75) is 25.4 Å². The molecule has 2 heterocycles. The number of nitrogens with one attached hydrogen (secondary N) is 1. The Kier molecular flexibility index (Phi) is 7.02. The van der Waals surface area contributed by atoms with Gasteiger partial charge in [-0.1, -0.05) is 30.3 Å². The summed E-state index contributed by atoms with van der Waals surface area (Å²) in [6.45, 7) is 4.45. The van der Waals surface area contributed by atoms with E-state index in [4.69, 9.17) is 4.74 Å². The summed E-state index contributed by atoms with van der Waals surface area (Å²) in [5, 5.41) is 14.4. The lowest BCUT2D eigenvalue weighted by Crippen LogP contribution is -2.60. The van der Waals surface area contributed by atoms with Crippen LogP contribution in [0.4, 0.5) is 11.4 Å². The summed E-state index contributed by atoms with van der Waals surface area (Å²) < 4.78 is 5.08. The highest BCUT2D eigenvalue weighted by Gasteiger charge is 2.41. The number of hydrogen-bond acceptors (Lipinski definition) is 6. The van der Waals surface area contributed by atoms with Gasteiger partial charge in [-0.05, 0) is 30.0 Å². The van der Waals surface area contributed by atoms with Gasteiger partial charge in [0, 0.05) is 64.3 Å². The molecule has 2 aliphatic heterocycles. The third kappa shape index (κ3) is 4.92. The number of carbonyl (C=O) groups is 1. The van der Waals surface area contributed by atoms with Gasteiger partial charge < -0.3 is 15.0 Å². The van der Waals surface area contributed by atoms with Crippen molar-refractivity contribution in [3.8, 4) is 0 Å². The van der Waals surface area contributed by atoms with Crippen LogP contribution in [-0.4, -0.2) is 61.7 Å². The first-order valence-corrected chi connectivity index (χ1v) is 11.1. The molecule has 2 atom stereocenters. The molecule has 0 aromatic heterocycles. The number of nitro benzene ring substituents is 1. The first-order valence-electron chi connectivity index (χ1n) is 11.1. The Morgan fingerprint density at radius 3 is 2.78 bits per heavy atom. The predicted molar refractivity (Wildman–Crippen MR) is 123 cm³/mol. The first-order chi connectivity index (χ1) is 15.6. The molecule has 0 radical (unpaired) electrons. The van der Waals surface area contributed by atoms with Crippen LogP contribution in [0.5, 0.6) is 0 Å². The zero-order valence-electron chi connectivity index (χ0n) is 18.4. The Bertz CT molecular complexity index is 952. The van der Waals surface area contributed by atoms with Crippen LogP contribution >= 0.6 is 0 Å². The van der Waals surface area contributed by atoms with Crippen LogP contribution in [-0.2, 0) is 22.5 Å². The maximum atomic E-state index is 13.2. The third-order valence-corrected chi connectivity index (χ3v) is 6.40. The normalized spacial score (nSPS) is 20.3. The van der Waals surface area contributed by atoms with E-state index in [0.717, 1.165) is 43.9 Å². The average molecular weight is 439 g/mol. The van der Waals surface area contributed by atoms with E-state index >= 15 is 0 Å². The highest BCUT2D eigenvalue weighted by atomic mass is 16.6. The molecular weight excluding hydrogens is 408 g/mol. The Labute approximate surface area is 188 Å². The molecule has 1 amide bonds. The lowest BCUT2D eigenvalue weighted by molar-refractivity contribution is -0.384. The molecule has 1 saturated heterocycles. The molecule has 0 aliphatic carbocycles. The molecular formula is C24H30N4O4. The van der Waals surface area contributed by atoms with Crippen LogP contribution in [0.25, 0.3) is 0 Å². The second-order valence-electron chi connectivity index (χ2n) is 8.50. The van der Waals surface area contributed by atoms with Crippen molar-refractivity contribution in [1.82, 2.24) is 10.2 Å². The molecule has 2 aromatic carbocycles. The van der Waals surface area contributed by atoms with E-state index in [9.17, 15) is 14.9 Å². The standard InChI is InChI=1S/C24H30N4O4/c1-32-13-5-10-25-24(29)21-15-19-14-20(28(30)31)8-9-22(19)27-12-11-26(17-23(21)27)16-18-6-3-2-4-7-18/h2-4,6-9,14,21,23H,5,10-13,15-17H2,1H3,(H,25,29)/t21-,23+/m1/s1. The van der Waals surface area contributed by atoms with E-state index in [-0.39, 0.29) is 28.5 Å². The number of fused-ring (bicyclic) bond motifs is 3.